The summed E-state index contributed by atoms with van der Waals surface area (Å²) in [6, 6.07) is 1.61. The minimum absolute atomic E-state index is 0.0497. The van der Waals surface area contributed by atoms with E-state index in [9.17, 15) is 13.2 Å². The second-order valence-corrected chi connectivity index (χ2v) is 7.54. The summed E-state index contributed by atoms with van der Waals surface area (Å²) in [7, 11) is -3.91. The van der Waals surface area contributed by atoms with Crippen molar-refractivity contribution >= 4 is 44.8 Å². The number of carbonyl (C=O) groups is 1. The Labute approximate surface area is 133 Å². The van der Waals surface area contributed by atoms with Gasteiger partial charge in [-0.25, -0.2) is 8.42 Å². The Kier molecular flexibility index (Phi) is 4.67. The Bertz CT molecular complexity index is 655. The molecule has 1 aromatic carbocycles. The lowest BCUT2D eigenvalue weighted by Gasteiger charge is -2.32. The van der Waals surface area contributed by atoms with Crippen LogP contribution < -0.4 is 11.5 Å². The molecule has 0 aromatic heterocycles. The molecule has 1 fully saturated rings. The molecule has 1 aliphatic rings. The number of anilines is 1. The summed E-state index contributed by atoms with van der Waals surface area (Å²) in [5.74, 6) is -0.661. The average Bonchev–Trinajstić information content (AvgIpc) is 2.44. The van der Waals surface area contributed by atoms with Crippen molar-refractivity contribution in [3.63, 3.8) is 0 Å². The minimum atomic E-state index is -3.91. The van der Waals surface area contributed by atoms with Crippen molar-refractivity contribution < 1.29 is 13.2 Å². The van der Waals surface area contributed by atoms with Gasteiger partial charge in [-0.15, -0.1) is 0 Å². The highest BCUT2D eigenvalue weighted by atomic mass is 35.5. The number of carbonyl (C=O) groups excluding carboxylic acids is 1. The third-order valence-corrected chi connectivity index (χ3v) is 5.95. The highest BCUT2D eigenvalue weighted by Gasteiger charge is 2.37. The van der Waals surface area contributed by atoms with Gasteiger partial charge in [0.2, 0.25) is 15.9 Å². The molecule has 21 heavy (non-hydrogen) atoms. The third kappa shape index (κ3) is 3.11. The first-order valence-electron chi connectivity index (χ1n) is 6.31. The summed E-state index contributed by atoms with van der Waals surface area (Å²) in [5, 5.41) is 0.0995. The lowest BCUT2D eigenvalue weighted by Crippen LogP contribution is -2.50. The quantitative estimate of drug-likeness (QED) is 0.806. The van der Waals surface area contributed by atoms with E-state index < -0.39 is 22.0 Å². The fraction of sp³-hybridized carbons (Fsp3) is 0.417. The predicted molar refractivity (Wildman–Crippen MR) is 81.6 cm³/mol. The van der Waals surface area contributed by atoms with Crippen LogP contribution in [0.1, 0.15) is 19.3 Å². The fourth-order valence-corrected chi connectivity index (χ4v) is 4.66. The van der Waals surface area contributed by atoms with Crippen LogP contribution in [0, 0.1) is 0 Å². The first kappa shape index (κ1) is 16.4. The van der Waals surface area contributed by atoms with Crippen molar-refractivity contribution in [2.24, 2.45) is 5.73 Å². The van der Waals surface area contributed by atoms with E-state index in [1.807, 2.05) is 0 Å². The van der Waals surface area contributed by atoms with Crippen LogP contribution >= 0.6 is 23.2 Å². The monoisotopic (exact) mass is 351 g/mol. The van der Waals surface area contributed by atoms with E-state index in [2.05, 4.69) is 0 Å². The number of benzene rings is 1. The number of nitrogens with zero attached hydrogens (tertiary/aromatic N) is 1. The molecule has 1 aromatic rings. The van der Waals surface area contributed by atoms with Gasteiger partial charge >= 0.3 is 0 Å². The molecule has 116 valence electrons. The van der Waals surface area contributed by atoms with E-state index in [-0.39, 0.29) is 27.2 Å². The lowest BCUT2D eigenvalue weighted by molar-refractivity contribution is -0.122. The summed E-state index contributed by atoms with van der Waals surface area (Å²) >= 11 is 11.8. The van der Waals surface area contributed by atoms with Crippen LogP contribution in [0.5, 0.6) is 0 Å². The van der Waals surface area contributed by atoms with Gasteiger partial charge < -0.3 is 11.5 Å². The molecule has 0 radical (unpaired) electrons. The number of hydrogen-bond acceptors (Lipinski definition) is 4. The van der Waals surface area contributed by atoms with Gasteiger partial charge in [0.1, 0.15) is 6.04 Å². The smallest absolute Gasteiger partial charge is 0.243 e. The van der Waals surface area contributed by atoms with Crippen LogP contribution in [0.25, 0.3) is 0 Å². The maximum absolute atomic E-state index is 12.7. The Hall–Kier alpha value is -1.02. The van der Waals surface area contributed by atoms with Gasteiger partial charge in [0.25, 0.3) is 0 Å². The van der Waals surface area contributed by atoms with Gasteiger partial charge in [-0.2, -0.15) is 4.31 Å². The predicted octanol–water partition coefficient (Wildman–Crippen LogP) is 1.60. The highest BCUT2D eigenvalue weighted by Crippen LogP contribution is 2.33. The highest BCUT2D eigenvalue weighted by molar-refractivity contribution is 7.89. The summed E-state index contributed by atoms with van der Waals surface area (Å²) in [4.78, 5) is 11.4. The fourth-order valence-electron chi connectivity index (χ4n) is 2.32. The molecular formula is C12H15Cl2N3O3S. The number of halogens is 2. The van der Waals surface area contributed by atoms with Gasteiger partial charge in [0.15, 0.2) is 0 Å². The molecule has 9 heteroatoms. The van der Waals surface area contributed by atoms with Crippen LogP contribution in [0.15, 0.2) is 17.0 Å². The SMILES string of the molecule is NC(=O)C1CCCCN1S(=O)(=O)c1cc(Cl)c(N)c(Cl)c1. The number of sulfonamides is 1. The van der Waals surface area contributed by atoms with Crippen LogP contribution in [0.3, 0.4) is 0 Å². The number of nitrogens with two attached hydrogens (primary N) is 2. The molecule has 1 amide bonds. The van der Waals surface area contributed by atoms with Crippen LogP contribution in [0.2, 0.25) is 10.0 Å². The zero-order valence-electron chi connectivity index (χ0n) is 11.1. The second kappa shape index (κ2) is 6.00. The molecule has 4 N–H and O–H groups in total. The lowest BCUT2D eigenvalue weighted by atomic mass is 10.0. The van der Waals surface area contributed by atoms with Gasteiger partial charge in [-0.1, -0.05) is 29.6 Å². The molecule has 2 rings (SSSR count). The first-order chi connectivity index (χ1) is 9.75. The topological polar surface area (TPSA) is 106 Å². The van der Waals surface area contributed by atoms with Crippen molar-refractivity contribution in [3.8, 4) is 0 Å². The first-order valence-corrected chi connectivity index (χ1v) is 8.50. The molecule has 1 saturated heterocycles. The Morgan fingerprint density at radius 2 is 1.81 bits per heavy atom. The zero-order chi connectivity index (χ0) is 15.8. The number of hydrogen-bond donors (Lipinski definition) is 2. The van der Waals surface area contributed by atoms with E-state index in [4.69, 9.17) is 34.7 Å². The number of rotatable bonds is 3. The van der Waals surface area contributed by atoms with Crippen molar-refractivity contribution in [1.82, 2.24) is 4.31 Å². The molecule has 1 aliphatic heterocycles. The van der Waals surface area contributed by atoms with Crippen molar-refractivity contribution in [1.29, 1.82) is 0 Å². The number of piperidine rings is 1. The van der Waals surface area contributed by atoms with Crippen LogP contribution in [-0.2, 0) is 14.8 Å². The molecule has 6 nitrogen and oxygen atoms in total. The number of primary amides is 1. The largest absolute Gasteiger partial charge is 0.396 e. The zero-order valence-corrected chi connectivity index (χ0v) is 13.4. The molecule has 0 saturated carbocycles. The van der Waals surface area contributed by atoms with E-state index in [1.165, 1.54) is 12.1 Å². The van der Waals surface area contributed by atoms with Gasteiger partial charge in [-0.3, -0.25) is 4.79 Å². The average molecular weight is 352 g/mol. The third-order valence-electron chi connectivity index (χ3n) is 3.44. The number of amides is 1. The van der Waals surface area contributed by atoms with Crippen molar-refractivity contribution in [2.45, 2.75) is 30.2 Å². The van der Waals surface area contributed by atoms with Crippen LogP contribution in [-0.4, -0.2) is 31.2 Å². The Balaban J connectivity index is 2.48. The van der Waals surface area contributed by atoms with Gasteiger partial charge in [0.05, 0.1) is 20.6 Å². The van der Waals surface area contributed by atoms with E-state index in [0.717, 1.165) is 10.7 Å². The van der Waals surface area contributed by atoms with Gasteiger partial charge in [0, 0.05) is 6.54 Å². The molecule has 0 aliphatic carbocycles. The molecule has 0 bridgehead atoms. The molecular weight excluding hydrogens is 337 g/mol. The molecule has 1 atom stereocenters. The normalized spacial score (nSPS) is 20.4. The maximum Gasteiger partial charge on any atom is 0.243 e. The van der Waals surface area contributed by atoms with E-state index >= 15 is 0 Å². The summed E-state index contributed by atoms with van der Waals surface area (Å²) in [5.41, 5.74) is 11.0. The van der Waals surface area contributed by atoms with Gasteiger partial charge in [-0.05, 0) is 25.0 Å². The second-order valence-electron chi connectivity index (χ2n) is 4.83. The van der Waals surface area contributed by atoms with Crippen LogP contribution in [0.4, 0.5) is 5.69 Å². The number of nitrogen functional groups attached to an aromatic ring is 1. The molecule has 1 unspecified atom stereocenters. The van der Waals surface area contributed by atoms with E-state index in [0.29, 0.717) is 12.8 Å². The maximum atomic E-state index is 12.7. The Morgan fingerprint density at radius 3 is 2.33 bits per heavy atom. The van der Waals surface area contributed by atoms with E-state index in [1.54, 1.807) is 0 Å². The minimum Gasteiger partial charge on any atom is -0.396 e. The van der Waals surface area contributed by atoms with Crippen molar-refractivity contribution in [3.05, 3.63) is 22.2 Å². The summed E-state index contributed by atoms with van der Waals surface area (Å²) < 4.78 is 26.5. The Morgan fingerprint density at radius 1 is 1.24 bits per heavy atom. The molecule has 0 spiro atoms. The molecule has 1 heterocycles. The van der Waals surface area contributed by atoms with Crippen molar-refractivity contribution in [2.75, 3.05) is 12.3 Å². The summed E-state index contributed by atoms with van der Waals surface area (Å²) in [6.45, 7) is 0.232. The summed E-state index contributed by atoms with van der Waals surface area (Å²) in [6.07, 6.45) is 1.83. The standard InChI is InChI=1S/C12H15Cl2N3O3S/c13-8-5-7(6-9(14)11(8)15)21(19,20)17-4-2-1-3-10(17)12(16)18/h5-6,10H,1-4,15H2,(H2,16,18).